The fraction of sp³-hybridized carbons (Fsp3) is 0.259. The van der Waals surface area contributed by atoms with Crippen molar-refractivity contribution < 1.29 is 24.4 Å². The Bertz CT molecular complexity index is 1350. The van der Waals surface area contributed by atoms with Crippen molar-refractivity contribution in [3.63, 3.8) is 0 Å². The predicted molar refractivity (Wildman–Crippen MR) is 129 cm³/mol. The molecule has 3 aliphatic rings. The molecule has 0 aromatic heterocycles. The molecule has 34 heavy (non-hydrogen) atoms. The number of phenols is 1. The second-order valence-electron chi connectivity index (χ2n) is 9.46. The summed E-state index contributed by atoms with van der Waals surface area (Å²) in [7, 11) is -1.15. The lowest BCUT2D eigenvalue weighted by Crippen LogP contribution is -2.44. The predicted octanol–water partition coefficient (Wildman–Crippen LogP) is 4.17. The number of imide groups is 1. The molecule has 0 radical (unpaired) electrons. The van der Waals surface area contributed by atoms with E-state index in [1.165, 1.54) is 4.90 Å². The first-order chi connectivity index (χ1) is 16.5. The zero-order valence-corrected chi connectivity index (χ0v) is 18.7. The van der Waals surface area contributed by atoms with Crippen molar-refractivity contribution in [2.75, 3.05) is 4.90 Å². The van der Waals surface area contributed by atoms with Gasteiger partial charge in [0.1, 0.15) is 5.75 Å². The van der Waals surface area contributed by atoms with Crippen LogP contribution in [0.3, 0.4) is 0 Å². The molecule has 6 nitrogen and oxygen atoms in total. The van der Waals surface area contributed by atoms with Crippen molar-refractivity contribution in [2.45, 2.75) is 25.9 Å². The highest BCUT2D eigenvalue weighted by molar-refractivity contribution is 6.53. The van der Waals surface area contributed by atoms with Crippen LogP contribution in [0.2, 0.25) is 0 Å². The number of carbonyl (C=O) groups is 2. The minimum atomic E-state index is -1.15. The zero-order valence-electron chi connectivity index (χ0n) is 18.7. The SMILES string of the molecule is CC1=C2B(O)O[C@H](c3ccc(O)c4ccccc34)C[C@H]2[C@H]2C(=O)N(c3ccccc3)C(=O)[C@H]2C1. The lowest BCUT2D eigenvalue weighted by atomic mass is 9.55. The molecular formula is C27H24BNO5. The summed E-state index contributed by atoms with van der Waals surface area (Å²) in [6.07, 6.45) is 0.438. The van der Waals surface area contributed by atoms with Crippen molar-refractivity contribution in [3.05, 3.63) is 83.3 Å². The van der Waals surface area contributed by atoms with Gasteiger partial charge >= 0.3 is 7.12 Å². The molecule has 6 rings (SSSR count). The number of amides is 2. The monoisotopic (exact) mass is 453 g/mol. The normalized spacial score (nSPS) is 26.8. The molecule has 2 amide bonds. The molecule has 3 aromatic rings. The van der Waals surface area contributed by atoms with Gasteiger partial charge in [0, 0.05) is 5.39 Å². The number of hydrogen-bond acceptors (Lipinski definition) is 5. The van der Waals surface area contributed by atoms with E-state index in [9.17, 15) is 19.7 Å². The Morgan fingerprint density at radius 2 is 1.62 bits per heavy atom. The van der Waals surface area contributed by atoms with Crippen molar-refractivity contribution in [1.29, 1.82) is 0 Å². The summed E-state index contributed by atoms with van der Waals surface area (Å²) in [5.74, 6) is -1.48. The van der Waals surface area contributed by atoms with Gasteiger partial charge in [0.25, 0.3) is 0 Å². The van der Waals surface area contributed by atoms with Gasteiger partial charge in [0.2, 0.25) is 11.8 Å². The number of phenolic OH excluding ortho intramolecular Hbond substituents is 1. The van der Waals surface area contributed by atoms with Crippen LogP contribution in [0.5, 0.6) is 5.75 Å². The molecule has 2 heterocycles. The number of rotatable bonds is 2. The van der Waals surface area contributed by atoms with Gasteiger partial charge in [-0.05, 0) is 60.3 Å². The number of allylic oxidation sites excluding steroid dienone is 2. The zero-order chi connectivity index (χ0) is 23.6. The third-order valence-electron chi connectivity index (χ3n) is 7.65. The van der Waals surface area contributed by atoms with Crippen LogP contribution in [-0.2, 0) is 14.2 Å². The fourth-order valence-corrected chi connectivity index (χ4v) is 6.18. The minimum absolute atomic E-state index is 0.174. The van der Waals surface area contributed by atoms with Gasteiger partial charge in [0.05, 0.1) is 23.6 Å². The number of carbonyl (C=O) groups excluding carboxylic acids is 2. The minimum Gasteiger partial charge on any atom is -0.507 e. The summed E-state index contributed by atoms with van der Waals surface area (Å²) >= 11 is 0. The first kappa shape index (κ1) is 21.1. The smallest absolute Gasteiger partial charge is 0.487 e. The van der Waals surface area contributed by atoms with Crippen LogP contribution in [-0.4, -0.2) is 29.1 Å². The maximum Gasteiger partial charge on any atom is 0.487 e. The molecule has 1 aliphatic carbocycles. The Balaban J connectivity index is 1.41. The number of anilines is 1. The summed E-state index contributed by atoms with van der Waals surface area (Å²) in [5, 5.41) is 22.9. The second kappa shape index (κ2) is 7.82. The molecule has 170 valence electrons. The Labute approximate surface area is 197 Å². The van der Waals surface area contributed by atoms with Gasteiger partial charge in [-0.3, -0.25) is 14.5 Å². The molecule has 2 fully saturated rings. The number of para-hydroxylation sites is 1. The van der Waals surface area contributed by atoms with Crippen LogP contribution in [0.25, 0.3) is 10.8 Å². The van der Waals surface area contributed by atoms with Crippen molar-refractivity contribution in [1.82, 2.24) is 0 Å². The van der Waals surface area contributed by atoms with Crippen LogP contribution in [0.4, 0.5) is 5.69 Å². The standard InChI is InChI=1S/C27H24BNO5/c1-15-13-21-24(27(32)29(26(21)31)16-7-3-2-4-8-16)20-14-23(34-28(33)25(15)20)19-11-12-22(30)18-10-6-5-9-17(18)19/h2-12,20-21,23-24,30,33H,13-14H2,1H3/t20-,21-,23-,24+/m0/s1. The van der Waals surface area contributed by atoms with E-state index in [-0.39, 0.29) is 23.5 Å². The van der Waals surface area contributed by atoms with Crippen LogP contribution >= 0.6 is 0 Å². The Hall–Kier alpha value is -3.42. The van der Waals surface area contributed by atoms with Crippen LogP contribution in [0.15, 0.2) is 77.8 Å². The molecule has 4 atom stereocenters. The number of hydrogen-bond donors (Lipinski definition) is 2. The summed E-state index contributed by atoms with van der Waals surface area (Å²) in [6.45, 7) is 1.92. The Morgan fingerprint density at radius 1 is 0.912 bits per heavy atom. The largest absolute Gasteiger partial charge is 0.507 e. The summed E-state index contributed by atoms with van der Waals surface area (Å²) < 4.78 is 6.09. The topological polar surface area (TPSA) is 87.1 Å². The van der Waals surface area contributed by atoms with Crippen LogP contribution in [0, 0.1) is 17.8 Å². The van der Waals surface area contributed by atoms with Gasteiger partial charge < -0.3 is 14.8 Å². The van der Waals surface area contributed by atoms with E-state index < -0.39 is 25.1 Å². The van der Waals surface area contributed by atoms with E-state index in [1.807, 2.05) is 55.5 Å². The van der Waals surface area contributed by atoms with Gasteiger partial charge in [0.15, 0.2) is 0 Å². The summed E-state index contributed by atoms with van der Waals surface area (Å²) in [4.78, 5) is 28.3. The fourth-order valence-electron chi connectivity index (χ4n) is 6.18. The molecule has 2 N–H and O–H groups in total. The summed E-state index contributed by atoms with van der Waals surface area (Å²) in [5.41, 5.74) is 3.09. The average Bonchev–Trinajstić information content (AvgIpc) is 3.09. The first-order valence-corrected chi connectivity index (χ1v) is 11.6. The molecule has 0 saturated carbocycles. The van der Waals surface area contributed by atoms with E-state index in [0.29, 0.717) is 23.9 Å². The van der Waals surface area contributed by atoms with E-state index in [1.54, 1.807) is 18.2 Å². The van der Waals surface area contributed by atoms with E-state index in [0.717, 1.165) is 22.0 Å². The van der Waals surface area contributed by atoms with Crippen LogP contribution in [0.1, 0.15) is 31.4 Å². The van der Waals surface area contributed by atoms with Crippen LogP contribution < -0.4 is 4.90 Å². The lowest BCUT2D eigenvalue weighted by Gasteiger charge is -2.41. The maximum absolute atomic E-state index is 13.6. The number of benzene rings is 3. The molecule has 0 unspecified atom stereocenters. The molecular weight excluding hydrogens is 429 g/mol. The van der Waals surface area contributed by atoms with E-state index in [2.05, 4.69) is 0 Å². The molecule has 0 spiro atoms. The molecule has 2 aliphatic heterocycles. The van der Waals surface area contributed by atoms with Crippen molar-refractivity contribution in [2.24, 2.45) is 17.8 Å². The highest BCUT2D eigenvalue weighted by atomic mass is 16.5. The van der Waals surface area contributed by atoms with Crippen molar-refractivity contribution >= 4 is 35.4 Å². The number of fused-ring (bicyclic) bond motifs is 4. The first-order valence-electron chi connectivity index (χ1n) is 11.6. The van der Waals surface area contributed by atoms with Gasteiger partial charge in [-0.25, -0.2) is 0 Å². The quantitative estimate of drug-likeness (QED) is 0.450. The lowest BCUT2D eigenvalue weighted by molar-refractivity contribution is -0.123. The van der Waals surface area contributed by atoms with E-state index >= 15 is 0 Å². The Kier molecular flexibility index (Phi) is 4.86. The number of nitrogens with zero attached hydrogens (tertiary/aromatic N) is 1. The maximum atomic E-state index is 13.6. The third kappa shape index (κ3) is 3.04. The molecule has 3 aromatic carbocycles. The molecule has 2 saturated heterocycles. The highest BCUT2D eigenvalue weighted by Gasteiger charge is 2.57. The van der Waals surface area contributed by atoms with E-state index in [4.69, 9.17) is 4.65 Å². The average molecular weight is 453 g/mol. The van der Waals surface area contributed by atoms with Gasteiger partial charge in [-0.15, -0.1) is 0 Å². The summed E-state index contributed by atoms with van der Waals surface area (Å²) in [6, 6.07) is 20.0. The Morgan fingerprint density at radius 3 is 2.38 bits per heavy atom. The van der Waals surface area contributed by atoms with Gasteiger partial charge in [-0.2, -0.15) is 0 Å². The third-order valence-corrected chi connectivity index (χ3v) is 7.65. The second-order valence-corrected chi connectivity index (χ2v) is 9.46. The molecule has 7 heteroatoms. The highest BCUT2D eigenvalue weighted by Crippen LogP contribution is 2.52. The van der Waals surface area contributed by atoms with Crippen molar-refractivity contribution in [3.8, 4) is 5.75 Å². The number of aromatic hydroxyl groups is 1. The van der Waals surface area contributed by atoms with Gasteiger partial charge in [-0.1, -0.05) is 54.1 Å². The molecule has 0 bridgehead atoms.